The molecule has 118 valence electrons. The minimum Gasteiger partial charge on any atom is -0.383 e. The van der Waals surface area contributed by atoms with E-state index >= 15 is 0 Å². The summed E-state index contributed by atoms with van der Waals surface area (Å²) in [5.41, 5.74) is 0. The van der Waals surface area contributed by atoms with Gasteiger partial charge in [0.25, 0.3) is 0 Å². The molecule has 1 aliphatic rings. The van der Waals surface area contributed by atoms with E-state index in [1.165, 1.54) is 6.26 Å². The predicted octanol–water partition coefficient (Wildman–Crippen LogP) is -0.849. The molecule has 1 amide bonds. The van der Waals surface area contributed by atoms with Crippen LogP contribution in [0.4, 0.5) is 0 Å². The third-order valence-corrected chi connectivity index (χ3v) is 3.92. The van der Waals surface area contributed by atoms with Crippen LogP contribution >= 0.6 is 0 Å². The molecule has 0 aromatic rings. The van der Waals surface area contributed by atoms with Gasteiger partial charge in [-0.1, -0.05) is 0 Å². The maximum atomic E-state index is 11.8. The molecule has 2 N–H and O–H groups in total. The van der Waals surface area contributed by atoms with Gasteiger partial charge in [-0.05, 0) is 19.8 Å². The average molecular weight is 307 g/mol. The van der Waals surface area contributed by atoms with E-state index in [1.54, 1.807) is 7.11 Å². The van der Waals surface area contributed by atoms with Gasteiger partial charge in [0.05, 0.1) is 19.4 Å². The Morgan fingerprint density at radius 1 is 1.40 bits per heavy atom. The van der Waals surface area contributed by atoms with Crippen LogP contribution in [-0.4, -0.2) is 70.9 Å². The summed E-state index contributed by atoms with van der Waals surface area (Å²) in [6.45, 7) is 4.17. The predicted molar refractivity (Wildman–Crippen MR) is 76.9 cm³/mol. The van der Waals surface area contributed by atoms with Gasteiger partial charge < -0.3 is 10.1 Å². The molecule has 7 nitrogen and oxygen atoms in total. The van der Waals surface area contributed by atoms with Crippen molar-refractivity contribution < 1.29 is 17.9 Å². The summed E-state index contributed by atoms with van der Waals surface area (Å²) < 4.78 is 29.9. The van der Waals surface area contributed by atoms with Crippen LogP contribution < -0.4 is 10.0 Å². The lowest BCUT2D eigenvalue weighted by molar-refractivity contribution is -0.123. The topological polar surface area (TPSA) is 87.7 Å². The van der Waals surface area contributed by atoms with Gasteiger partial charge in [-0.25, -0.2) is 13.1 Å². The molecule has 0 aromatic heterocycles. The number of likely N-dealkylation sites (tertiary alicyclic amines) is 1. The van der Waals surface area contributed by atoms with E-state index in [1.807, 2.05) is 11.8 Å². The number of amides is 1. The van der Waals surface area contributed by atoms with Gasteiger partial charge in [-0.2, -0.15) is 0 Å². The molecule has 1 rings (SSSR count). The molecule has 0 spiro atoms. The molecule has 1 aliphatic heterocycles. The summed E-state index contributed by atoms with van der Waals surface area (Å²) in [5, 5.41) is 2.86. The number of ether oxygens (including phenoxy) is 1. The standard InChI is InChI=1S/C12H25N3O4S/c1-10(9-19-2)13-12(16)8-15-6-4-11(5-7-15)14-20(3,17)18/h10-11,14H,4-9H2,1-3H3,(H,13,16). The number of methoxy groups -OCH3 is 1. The number of carbonyl (C=O) groups is 1. The number of rotatable bonds is 7. The lowest BCUT2D eigenvalue weighted by atomic mass is 10.1. The number of hydrogen-bond donors (Lipinski definition) is 2. The Hall–Kier alpha value is -0.700. The van der Waals surface area contributed by atoms with Crippen molar-refractivity contribution in [2.75, 3.05) is 39.6 Å². The molecule has 1 atom stereocenters. The van der Waals surface area contributed by atoms with Crippen molar-refractivity contribution in [2.45, 2.75) is 31.8 Å². The number of carbonyl (C=O) groups excluding carboxylic acids is 1. The third-order valence-electron chi connectivity index (χ3n) is 3.16. The van der Waals surface area contributed by atoms with Gasteiger partial charge in [0.15, 0.2) is 0 Å². The zero-order chi connectivity index (χ0) is 15.2. The fourth-order valence-electron chi connectivity index (χ4n) is 2.33. The minimum atomic E-state index is -3.15. The van der Waals surface area contributed by atoms with Crippen LogP contribution in [0.15, 0.2) is 0 Å². The molecule has 0 bridgehead atoms. The highest BCUT2D eigenvalue weighted by molar-refractivity contribution is 7.88. The summed E-state index contributed by atoms with van der Waals surface area (Å²) in [6, 6.07) is -0.0198. The SMILES string of the molecule is COCC(C)NC(=O)CN1CCC(NS(C)(=O)=O)CC1. The smallest absolute Gasteiger partial charge is 0.234 e. The van der Waals surface area contributed by atoms with E-state index in [2.05, 4.69) is 10.0 Å². The normalized spacial score (nSPS) is 19.8. The molecule has 0 aliphatic carbocycles. The summed E-state index contributed by atoms with van der Waals surface area (Å²) in [5.74, 6) is -0.0240. The number of sulfonamides is 1. The first-order valence-corrected chi connectivity index (χ1v) is 8.67. The zero-order valence-electron chi connectivity index (χ0n) is 12.4. The van der Waals surface area contributed by atoms with Gasteiger partial charge >= 0.3 is 0 Å². The van der Waals surface area contributed by atoms with E-state index in [0.717, 1.165) is 25.9 Å². The van der Waals surface area contributed by atoms with Gasteiger partial charge in [0.1, 0.15) is 0 Å². The summed E-state index contributed by atoms with van der Waals surface area (Å²) in [4.78, 5) is 13.8. The Labute approximate surface area is 121 Å². The molecular formula is C12H25N3O4S. The molecule has 1 fully saturated rings. The summed E-state index contributed by atoms with van der Waals surface area (Å²) in [7, 11) is -1.55. The second-order valence-corrected chi connectivity index (χ2v) is 7.14. The van der Waals surface area contributed by atoms with Crippen LogP contribution in [0.1, 0.15) is 19.8 Å². The Balaban J connectivity index is 2.27. The van der Waals surface area contributed by atoms with Crippen molar-refractivity contribution in [2.24, 2.45) is 0 Å². The van der Waals surface area contributed by atoms with Crippen molar-refractivity contribution in [3.05, 3.63) is 0 Å². The van der Waals surface area contributed by atoms with E-state index in [0.29, 0.717) is 13.2 Å². The van der Waals surface area contributed by atoms with E-state index < -0.39 is 10.0 Å². The van der Waals surface area contributed by atoms with Gasteiger partial charge in [-0.3, -0.25) is 9.69 Å². The van der Waals surface area contributed by atoms with Crippen LogP contribution in [0.2, 0.25) is 0 Å². The molecule has 0 saturated carbocycles. The maximum Gasteiger partial charge on any atom is 0.234 e. The number of nitrogens with one attached hydrogen (secondary N) is 2. The Bertz CT molecular complexity index is 405. The number of hydrogen-bond acceptors (Lipinski definition) is 5. The van der Waals surface area contributed by atoms with Crippen molar-refractivity contribution in [3.63, 3.8) is 0 Å². The monoisotopic (exact) mass is 307 g/mol. The first-order chi connectivity index (χ1) is 9.30. The van der Waals surface area contributed by atoms with E-state index in [4.69, 9.17) is 4.74 Å². The van der Waals surface area contributed by atoms with Gasteiger partial charge in [0, 0.05) is 32.3 Å². The second-order valence-electron chi connectivity index (χ2n) is 5.36. The first-order valence-electron chi connectivity index (χ1n) is 6.78. The molecule has 1 unspecified atom stereocenters. The van der Waals surface area contributed by atoms with E-state index in [9.17, 15) is 13.2 Å². The fraction of sp³-hybridized carbons (Fsp3) is 0.917. The third kappa shape index (κ3) is 7.18. The Morgan fingerprint density at radius 2 is 2.00 bits per heavy atom. The van der Waals surface area contributed by atoms with Crippen molar-refractivity contribution in [3.8, 4) is 0 Å². The molecular weight excluding hydrogens is 282 g/mol. The molecule has 0 aromatic carbocycles. The van der Waals surface area contributed by atoms with Crippen molar-refractivity contribution >= 4 is 15.9 Å². The lowest BCUT2D eigenvalue weighted by Gasteiger charge is -2.31. The van der Waals surface area contributed by atoms with Crippen LogP contribution in [0, 0.1) is 0 Å². The molecule has 1 saturated heterocycles. The highest BCUT2D eigenvalue weighted by atomic mass is 32.2. The van der Waals surface area contributed by atoms with Gasteiger partial charge in [-0.15, -0.1) is 0 Å². The van der Waals surface area contributed by atoms with Crippen LogP contribution in [-0.2, 0) is 19.6 Å². The quantitative estimate of drug-likeness (QED) is 0.640. The van der Waals surface area contributed by atoms with Crippen LogP contribution in [0.25, 0.3) is 0 Å². The molecule has 1 heterocycles. The van der Waals surface area contributed by atoms with Crippen LogP contribution in [0.5, 0.6) is 0 Å². The lowest BCUT2D eigenvalue weighted by Crippen LogP contribution is -2.48. The number of piperidine rings is 1. The van der Waals surface area contributed by atoms with E-state index in [-0.39, 0.29) is 18.0 Å². The zero-order valence-corrected chi connectivity index (χ0v) is 13.2. The second kappa shape index (κ2) is 7.92. The van der Waals surface area contributed by atoms with Gasteiger partial charge in [0.2, 0.25) is 15.9 Å². The highest BCUT2D eigenvalue weighted by Gasteiger charge is 2.23. The molecule has 8 heteroatoms. The average Bonchev–Trinajstić information content (AvgIpc) is 2.30. The Kier molecular flexibility index (Phi) is 6.87. The minimum absolute atomic E-state index is 0.00283. The highest BCUT2D eigenvalue weighted by Crippen LogP contribution is 2.10. The maximum absolute atomic E-state index is 11.8. The fourth-order valence-corrected chi connectivity index (χ4v) is 3.17. The Morgan fingerprint density at radius 3 is 2.50 bits per heavy atom. The van der Waals surface area contributed by atoms with Crippen molar-refractivity contribution in [1.82, 2.24) is 14.9 Å². The van der Waals surface area contributed by atoms with Crippen LogP contribution in [0.3, 0.4) is 0 Å². The molecule has 20 heavy (non-hydrogen) atoms. The summed E-state index contributed by atoms with van der Waals surface area (Å²) in [6.07, 6.45) is 2.63. The summed E-state index contributed by atoms with van der Waals surface area (Å²) >= 11 is 0. The first kappa shape index (κ1) is 17.4. The molecule has 0 radical (unpaired) electrons. The van der Waals surface area contributed by atoms with Crippen molar-refractivity contribution in [1.29, 1.82) is 0 Å². The largest absolute Gasteiger partial charge is 0.383 e. The number of nitrogens with zero attached hydrogens (tertiary/aromatic N) is 1.